The summed E-state index contributed by atoms with van der Waals surface area (Å²) in [6, 6.07) is 2.76. The van der Waals surface area contributed by atoms with Gasteiger partial charge in [-0.3, -0.25) is 0 Å². The number of pyridine rings is 1. The first kappa shape index (κ1) is 13.1. The molecule has 1 aromatic heterocycles. The summed E-state index contributed by atoms with van der Waals surface area (Å²) in [6.07, 6.45) is 2.92. The normalized spacial score (nSPS) is 21.1. The predicted molar refractivity (Wildman–Crippen MR) is 77.5 cm³/mol. The van der Waals surface area contributed by atoms with Gasteiger partial charge in [0.2, 0.25) is 0 Å². The van der Waals surface area contributed by atoms with E-state index in [0.29, 0.717) is 6.04 Å². The van der Waals surface area contributed by atoms with Crippen LogP contribution >= 0.6 is 0 Å². The van der Waals surface area contributed by atoms with Gasteiger partial charge in [-0.1, -0.05) is 6.92 Å². The Morgan fingerprint density at radius 2 is 2.22 bits per heavy atom. The van der Waals surface area contributed by atoms with Crippen LogP contribution in [0.15, 0.2) is 12.3 Å². The second-order valence-corrected chi connectivity index (χ2v) is 5.04. The number of hydrogen-bond acceptors (Lipinski definition) is 4. The number of nitrogens with zero attached hydrogens (tertiary/aromatic N) is 3. The van der Waals surface area contributed by atoms with Gasteiger partial charge in [-0.25, -0.2) is 4.98 Å². The topological polar surface area (TPSA) is 31.4 Å². The highest BCUT2D eigenvalue weighted by Crippen LogP contribution is 2.27. The second kappa shape index (κ2) is 5.57. The molecule has 0 aliphatic carbocycles. The number of anilines is 2. The summed E-state index contributed by atoms with van der Waals surface area (Å²) in [5.41, 5.74) is 2.67. The Kier molecular flexibility index (Phi) is 4.07. The molecule has 1 aliphatic rings. The van der Waals surface area contributed by atoms with Crippen LogP contribution in [0.3, 0.4) is 0 Å². The maximum absolute atomic E-state index is 4.41. The Morgan fingerprint density at radius 1 is 1.44 bits per heavy atom. The van der Waals surface area contributed by atoms with E-state index in [1.807, 2.05) is 13.2 Å². The molecule has 1 atom stereocenters. The highest BCUT2D eigenvalue weighted by molar-refractivity contribution is 5.63. The molecule has 1 aromatic rings. The van der Waals surface area contributed by atoms with E-state index in [4.69, 9.17) is 0 Å². The number of aromatic nitrogens is 1. The molecule has 0 aromatic carbocycles. The number of piperazine rings is 1. The van der Waals surface area contributed by atoms with Crippen molar-refractivity contribution >= 4 is 11.5 Å². The molecule has 0 saturated carbocycles. The van der Waals surface area contributed by atoms with Gasteiger partial charge in [0, 0.05) is 50.2 Å². The van der Waals surface area contributed by atoms with Crippen molar-refractivity contribution in [3.8, 4) is 0 Å². The summed E-state index contributed by atoms with van der Waals surface area (Å²) >= 11 is 0. The highest BCUT2D eigenvalue weighted by Gasteiger charge is 2.23. The van der Waals surface area contributed by atoms with Gasteiger partial charge in [-0.15, -0.1) is 0 Å². The van der Waals surface area contributed by atoms with Gasteiger partial charge in [-0.05, 0) is 26.5 Å². The third-order valence-electron chi connectivity index (χ3n) is 3.92. The summed E-state index contributed by atoms with van der Waals surface area (Å²) in [4.78, 5) is 9.32. The molecular formula is C14H24N4. The molecule has 1 saturated heterocycles. The van der Waals surface area contributed by atoms with E-state index in [-0.39, 0.29) is 0 Å². The largest absolute Gasteiger partial charge is 0.373 e. The molecule has 100 valence electrons. The Bertz CT molecular complexity index is 405. The van der Waals surface area contributed by atoms with Crippen molar-refractivity contribution in [3.05, 3.63) is 17.8 Å². The molecule has 1 aliphatic heterocycles. The van der Waals surface area contributed by atoms with Crippen molar-refractivity contribution in [2.75, 3.05) is 43.9 Å². The van der Waals surface area contributed by atoms with E-state index in [1.54, 1.807) is 0 Å². The minimum Gasteiger partial charge on any atom is -0.373 e. The lowest BCUT2D eigenvalue weighted by Crippen LogP contribution is -2.50. The Balaban J connectivity index is 2.28. The fourth-order valence-corrected chi connectivity index (χ4v) is 2.61. The summed E-state index contributed by atoms with van der Waals surface area (Å²) in [6.45, 7) is 7.80. The summed E-state index contributed by atoms with van der Waals surface area (Å²) in [5.74, 6) is 1.02. The molecule has 0 amide bonds. The number of hydrogen-bond donors (Lipinski definition) is 1. The van der Waals surface area contributed by atoms with Crippen molar-refractivity contribution in [2.45, 2.75) is 26.3 Å². The minimum atomic E-state index is 0.606. The molecule has 1 unspecified atom stereocenters. The molecule has 2 heterocycles. The van der Waals surface area contributed by atoms with Crippen LogP contribution in [0.5, 0.6) is 0 Å². The number of rotatable bonds is 3. The third-order valence-corrected chi connectivity index (χ3v) is 3.92. The SMILES string of the molecule is CCc1c(N2CCN(C)C(C)C2)ccnc1NC. The summed E-state index contributed by atoms with van der Waals surface area (Å²) in [7, 11) is 4.15. The average Bonchev–Trinajstić information content (AvgIpc) is 2.40. The maximum Gasteiger partial charge on any atom is 0.130 e. The minimum absolute atomic E-state index is 0.606. The van der Waals surface area contributed by atoms with Crippen LogP contribution in [0, 0.1) is 0 Å². The van der Waals surface area contributed by atoms with Crippen LogP contribution < -0.4 is 10.2 Å². The maximum atomic E-state index is 4.41. The van der Waals surface area contributed by atoms with Gasteiger partial charge >= 0.3 is 0 Å². The first-order valence-electron chi connectivity index (χ1n) is 6.78. The van der Waals surface area contributed by atoms with Crippen molar-refractivity contribution in [3.63, 3.8) is 0 Å². The van der Waals surface area contributed by atoms with Gasteiger partial charge in [0.15, 0.2) is 0 Å². The number of likely N-dealkylation sites (N-methyl/N-ethyl adjacent to an activating group) is 1. The Labute approximate surface area is 110 Å². The summed E-state index contributed by atoms with van der Waals surface area (Å²) < 4.78 is 0. The fraction of sp³-hybridized carbons (Fsp3) is 0.643. The standard InChI is InChI=1S/C14H24N4/c1-5-12-13(6-7-16-14(12)15-3)18-9-8-17(4)11(2)10-18/h6-7,11H,5,8-10H2,1-4H3,(H,15,16). The molecule has 0 spiro atoms. The monoisotopic (exact) mass is 248 g/mol. The van der Waals surface area contributed by atoms with Crippen LogP contribution in [0.2, 0.25) is 0 Å². The second-order valence-electron chi connectivity index (χ2n) is 5.04. The zero-order valence-corrected chi connectivity index (χ0v) is 11.9. The van der Waals surface area contributed by atoms with Gasteiger partial charge in [0.1, 0.15) is 5.82 Å². The van der Waals surface area contributed by atoms with E-state index in [0.717, 1.165) is 31.9 Å². The lowest BCUT2D eigenvalue weighted by Gasteiger charge is -2.39. The first-order chi connectivity index (χ1) is 8.67. The zero-order chi connectivity index (χ0) is 13.1. The van der Waals surface area contributed by atoms with Crippen LogP contribution in [0.1, 0.15) is 19.4 Å². The van der Waals surface area contributed by atoms with E-state index >= 15 is 0 Å². The van der Waals surface area contributed by atoms with Gasteiger partial charge in [-0.2, -0.15) is 0 Å². The van der Waals surface area contributed by atoms with Crippen LogP contribution in [-0.2, 0) is 6.42 Å². The van der Waals surface area contributed by atoms with Crippen LogP contribution in [0.25, 0.3) is 0 Å². The van der Waals surface area contributed by atoms with Crippen molar-refractivity contribution < 1.29 is 0 Å². The molecular weight excluding hydrogens is 224 g/mol. The van der Waals surface area contributed by atoms with Gasteiger partial charge < -0.3 is 15.1 Å². The Hall–Kier alpha value is -1.29. The van der Waals surface area contributed by atoms with E-state index < -0.39 is 0 Å². The molecule has 4 nitrogen and oxygen atoms in total. The fourth-order valence-electron chi connectivity index (χ4n) is 2.61. The van der Waals surface area contributed by atoms with E-state index in [1.165, 1.54) is 11.3 Å². The average molecular weight is 248 g/mol. The van der Waals surface area contributed by atoms with E-state index in [9.17, 15) is 0 Å². The molecule has 4 heteroatoms. The van der Waals surface area contributed by atoms with Crippen molar-refractivity contribution in [2.24, 2.45) is 0 Å². The van der Waals surface area contributed by atoms with Crippen LogP contribution in [-0.4, -0.2) is 49.7 Å². The van der Waals surface area contributed by atoms with Gasteiger partial charge in [0.05, 0.1) is 0 Å². The quantitative estimate of drug-likeness (QED) is 0.884. The Morgan fingerprint density at radius 3 is 2.83 bits per heavy atom. The van der Waals surface area contributed by atoms with Crippen LogP contribution in [0.4, 0.5) is 11.5 Å². The lowest BCUT2D eigenvalue weighted by atomic mass is 10.1. The molecule has 1 fully saturated rings. The molecule has 1 N–H and O–H groups in total. The molecule has 18 heavy (non-hydrogen) atoms. The zero-order valence-electron chi connectivity index (χ0n) is 11.9. The summed E-state index contributed by atoms with van der Waals surface area (Å²) in [5, 5.41) is 3.20. The molecule has 2 rings (SSSR count). The molecule has 0 bridgehead atoms. The number of nitrogens with one attached hydrogen (secondary N) is 1. The van der Waals surface area contributed by atoms with Crippen molar-refractivity contribution in [1.82, 2.24) is 9.88 Å². The highest BCUT2D eigenvalue weighted by atomic mass is 15.3. The first-order valence-corrected chi connectivity index (χ1v) is 6.78. The van der Waals surface area contributed by atoms with E-state index in [2.05, 4.69) is 47.1 Å². The van der Waals surface area contributed by atoms with Crippen molar-refractivity contribution in [1.29, 1.82) is 0 Å². The third kappa shape index (κ3) is 2.43. The lowest BCUT2D eigenvalue weighted by molar-refractivity contribution is 0.234. The predicted octanol–water partition coefficient (Wildman–Crippen LogP) is 1.83. The smallest absolute Gasteiger partial charge is 0.130 e. The van der Waals surface area contributed by atoms with Gasteiger partial charge in [0.25, 0.3) is 0 Å². The molecule has 0 radical (unpaired) electrons.